The van der Waals surface area contributed by atoms with Crippen molar-refractivity contribution in [1.29, 1.82) is 0 Å². The summed E-state index contributed by atoms with van der Waals surface area (Å²) in [5, 5.41) is 0. The first kappa shape index (κ1) is 34.7. The van der Waals surface area contributed by atoms with E-state index in [0.29, 0.717) is 0 Å². The van der Waals surface area contributed by atoms with Crippen LogP contribution in [0.2, 0.25) is 0 Å². The second-order valence-corrected chi connectivity index (χ2v) is 11.6. The van der Waals surface area contributed by atoms with Crippen LogP contribution in [-0.2, 0) is 0 Å². The summed E-state index contributed by atoms with van der Waals surface area (Å²) in [6.07, 6.45) is 49.9. The Morgan fingerprint density at radius 2 is 0.400 bits per heavy atom. The van der Waals surface area contributed by atoms with Gasteiger partial charge in [-0.3, -0.25) is 0 Å². The van der Waals surface area contributed by atoms with Crippen LogP contribution in [0.4, 0.5) is 0 Å². The molecule has 0 amide bonds. The van der Waals surface area contributed by atoms with Crippen molar-refractivity contribution in [2.45, 2.75) is 213 Å². The van der Waals surface area contributed by atoms with Gasteiger partial charge in [0.1, 0.15) is 0 Å². The molecule has 0 saturated carbocycles. The molecular weight excluding hydrogens is 420 g/mol. The summed E-state index contributed by atoms with van der Waals surface area (Å²) in [5.74, 6) is 0. The molecule has 210 valence electrons. The Hall–Kier alpha value is -0.260. The summed E-state index contributed by atoms with van der Waals surface area (Å²) in [6.45, 7) is 4.61. The third kappa shape index (κ3) is 33.7. The van der Waals surface area contributed by atoms with Crippen molar-refractivity contribution in [1.82, 2.24) is 0 Å². The van der Waals surface area contributed by atoms with Gasteiger partial charge in [0.25, 0.3) is 0 Å². The first-order valence-electron chi connectivity index (χ1n) is 17.1. The molecule has 0 fully saturated rings. The highest BCUT2D eigenvalue weighted by atomic mass is 14.0. The number of allylic oxidation sites excluding steroid dienone is 2. The van der Waals surface area contributed by atoms with Gasteiger partial charge in [-0.25, -0.2) is 0 Å². The van der Waals surface area contributed by atoms with Crippen LogP contribution in [0.15, 0.2) is 12.2 Å². The molecule has 0 spiro atoms. The average Bonchev–Trinajstić information content (AvgIpc) is 2.87. The molecule has 0 heterocycles. The summed E-state index contributed by atoms with van der Waals surface area (Å²) < 4.78 is 0. The predicted octanol–water partition coefficient (Wildman–Crippen LogP) is 13.7. The minimum atomic E-state index is 1.31. The average molecular weight is 491 g/mol. The van der Waals surface area contributed by atoms with Crippen LogP contribution in [0.5, 0.6) is 0 Å². The fourth-order valence-corrected chi connectivity index (χ4v) is 5.33. The van der Waals surface area contributed by atoms with E-state index in [2.05, 4.69) is 26.0 Å². The van der Waals surface area contributed by atoms with Crippen LogP contribution in [0.25, 0.3) is 0 Å². The zero-order chi connectivity index (χ0) is 25.3. The maximum atomic E-state index is 2.45. The highest BCUT2D eigenvalue weighted by molar-refractivity contribution is 4.81. The molecule has 0 aliphatic heterocycles. The van der Waals surface area contributed by atoms with Gasteiger partial charge in [0.15, 0.2) is 0 Å². The maximum absolute atomic E-state index is 2.45. The van der Waals surface area contributed by atoms with Crippen LogP contribution in [-0.4, -0.2) is 0 Å². The highest BCUT2D eigenvalue weighted by Crippen LogP contribution is 2.15. The molecule has 0 aromatic heterocycles. The predicted molar refractivity (Wildman–Crippen MR) is 164 cm³/mol. The third-order valence-corrected chi connectivity index (χ3v) is 7.87. The summed E-state index contributed by atoms with van der Waals surface area (Å²) in [7, 11) is 0. The lowest BCUT2D eigenvalue weighted by molar-refractivity contribution is 0.519. The van der Waals surface area contributed by atoms with E-state index in [1.807, 2.05) is 0 Å². The number of hydrogen-bond donors (Lipinski definition) is 0. The van der Waals surface area contributed by atoms with Crippen LogP contribution < -0.4 is 0 Å². The Bertz CT molecular complexity index is 368. The van der Waals surface area contributed by atoms with E-state index in [0.717, 1.165) is 0 Å². The second-order valence-electron chi connectivity index (χ2n) is 11.6. The van der Waals surface area contributed by atoms with Gasteiger partial charge >= 0.3 is 0 Å². The normalized spacial score (nSPS) is 11.7. The van der Waals surface area contributed by atoms with Crippen LogP contribution in [0.3, 0.4) is 0 Å². The standard InChI is InChI=1S/C35H70/c1-3-5-7-9-11-13-15-17-19-21-23-25-27-29-31-33-35-34-32-30-28-26-24-22-20-18-16-14-12-10-8-6-4-2/h19,21H,3-18,20,22-35H2,1-2H3. The van der Waals surface area contributed by atoms with Crippen LogP contribution >= 0.6 is 0 Å². The lowest BCUT2D eigenvalue weighted by atomic mass is 10.0. The molecule has 0 aliphatic rings. The molecule has 0 aliphatic carbocycles. The van der Waals surface area contributed by atoms with Gasteiger partial charge < -0.3 is 0 Å². The van der Waals surface area contributed by atoms with Gasteiger partial charge in [-0.05, 0) is 25.7 Å². The molecule has 0 heteroatoms. The molecule has 0 aromatic carbocycles. The van der Waals surface area contributed by atoms with Gasteiger partial charge in [-0.1, -0.05) is 199 Å². The molecule has 35 heavy (non-hydrogen) atoms. The molecule has 0 aromatic rings. The van der Waals surface area contributed by atoms with Gasteiger partial charge in [-0.2, -0.15) is 0 Å². The Kier molecular flexibility index (Phi) is 33.5. The van der Waals surface area contributed by atoms with Crippen molar-refractivity contribution >= 4 is 0 Å². The molecule has 0 rings (SSSR count). The summed E-state index contributed by atoms with van der Waals surface area (Å²) in [6, 6.07) is 0. The summed E-state index contributed by atoms with van der Waals surface area (Å²) in [4.78, 5) is 0. The zero-order valence-electron chi connectivity index (χ0n) is 25.1. The Morgan fingerprint density at radius 3 is 0.600 bits per heavy atom. The smallest absolute Gasteiger partial charge is 0.0351 e. The zero-order valence-corrected chi connectivity index (χ0v) is 25.1. The number of unbranched alkanes of at least 4 members (excludes halogenated alkanes) is 29. The van der Waals surface area contributed by atoms with Crippen molar-refractivity contribution in [2.24, 2.45) is 0 Å². The quantitative estimate of drug-likeness (QED) is 0.0669. The lowest BCUT2D eigenvalue weighted by Gasteiger charge is -2.04. The van der Waals surface area contributed by atoms with Crippen molar-refractivity contribution in [3.8, 4) is 0 Å². The Morgan fingerprint density at radius 1 is 0.229 bits per heavy atom. The number of rotatable bonds is 31. The highest BCUT2D eigenvalue weighted by Gasteiger charge is 1.96. The topological polar surface area (TPSA) is 0 Å². The van der Waals surface area contributed by atoms with Gasteiger partial charge in [0.2, 0.25) is 0 Å². The second kappa shape index (κ2) is 33.7. The van der Waals surface area contributed by atoms with Crippen molar-refractivity contribution in [3.63, 3.8) is 0 Å². The van der Waals surface area contributed by atoms with E-state index < -0.39 is 0 Å². The third-order valence-electron chi connectivity index (χ3n) is 7.87. The molecule has 0 atom stereocenters. The fraction of sp³-hybridized carbons (Fsp3) is 0.943. The summed E-state index contributed by atoms with van der Waals surface area (Å²) in [5.41, 5.74) is 0. The largest absolute Gasteiger partial charge is 0.0885 e. The molecule has 0 unspecified atom stereocenters. The van der Waals surface area contributed by atoms with Crippen molar-refractivity contribution in [2.75, 3.05) is 0 Å². The van der Waals surface area contributed by atoms with Gasteiger partial charge in [0.05, 0.1) is 0 Å². The number of hydrogen-bond acceptors (Lipinski definition) is 0. The first-order valence-corrected chi connectivity index (χ1v) is 17.1. The van der Waals surface area contributed by atoms with E-state index >= 15 is 0 Å². The van der Waals surface area contributed by atoms with Crippen molar-refractivity contribution in [3.05, 3.63) is 12.2 Å². The van der Waals surface area contributed by atoms with E-state index in [1.54, 1.807) is 0 Å². The van der Waals surface area contributed by atoms with Gasteiger partial charge in [0, 0.05) is 0 Å². The lowest BCUT2D eigenvalue weighted by Crippen LogP contribution is -1.84. The molecule has 0 nitrogen and oxygen atoms in total. The minimum Gasteiger partial charge on any atom is -0.0885 e. The van der Waals surface area contributed by atoms with Crippen LogP contribution in [0, 0.1) is 0 Å². The molecule has 0 saturated heterocycles. The molecule has 0 radical (unpaired) electrons. The van der Waals surface area contributed by atoms with Gasteiger partial charge in [-0.15, -0.1) is 0 Å². The molecule has 0 bridgehead atoms. The van der Waals surface area contributed by atoms with E-state index in [1.165, 1.54) is 199 Å². The first-order chi connectivity index (χ1) is 17.4. The van der Waals surface area contributed by atoms with E-state index in [9.17, 15) is 0 Å². The summed E-state index contributed by atoms with van der Waals surface area (Å²) >= 11 is 0. The monoisotopic (exact) mass is 491 g/mol. The Balaban J connectivity index is 3.05. The molecule has 0 N–H and O–H groups in total. The SMILES string of the molecule is CCCCCCCCCC=CCCCCCCCCCCCCCCCCCCCCCCCC. The van der Waals surface area contributed by atoms with E-state index in [-0.39, 0.29) is 0 Å². The Labute approximate surface area is 224 Å². The minimum absolute atomic E-state index is 1.31. The van der Waals surface area contributed by atoms with Crippen molar-refractivity contribution < 1.29 is 0 Å². The maximum Gasteiger partial charge on any atom is -0.0351 e. The fourth-order valence-electron chi connectivity index (χ4n) is 5.33. The van der Waals surface area contributed by atoms with Crippen LogP contribution in [0.1, 0.15) is 213 Å². The molecular formula is C35H70. The van der Waals surface area contributed by atoms with E-state index in [4.69, 9.17) is 0 Å².